The van der Waals surface area contributed by atoms with E-state index < -0.39 is 0 Å². The fourth-order valence-corrected chi connectivity index (χ4v) is 2.16. The van der Waals surface area contributed by atoms with Crippen LogP contribution in [0.2, 0.25) is 0 Å². The number of hydrogen-bond acceptors (Lipinski definition) is 3. The minimum absolute atomic E-state index is 0.554. The lowest BCUT2D eigenvalue weighted by Crippen LogP contribution is -2.00. The van der Waals surface area contributed by atoms with Crippen molar-refractivity contribution in [2.45, 2.75) is 12.8 Å². The number of hydrogen-bond donors (Lipinski definition) is 2. The number of aromatic amines is 1. The predicted octanol–water partition coefficient (Wildman–Crippen LogP) is 3.16. The zero-order valence-corrected chi connectivity index (χ0v) is 11.2. The quantitative estimate of drug-likeness (QED) is 0.551. The maximum atomic E-state index is 5.73. The van der Waals surface area contributed by atoms with E-state index in [4.69, 9.17) is 10.5 Å². The van der Waals surface area contributed by atoms with Crippen LogP contribution in [0.25, 0.3) is 11.0 Å². The van der Waals surface area contributed by atoms with Crippen LogP contribution in [0, 0.1) is 0 Å². The topological polar surface area (TPSA) is 63.9 Å². The third-order valence-corrected chi connectivity index (χ3v) is 3.18. The van der Waals surface area contributed by atoms with E-state index in [2.05, 4.69) is 34.2 Å². The van der Waals surface area contributed by atoms with Crippen molar-refractivity contribution in [3.8, 4) is 6.01 Å². The summed E-state index contributed by atoms with van der Waals surface area (Å²) in [7, 11) is 0. The first-order valence-electron chi connectivity index (χ1n) is 6.73. The molecule has 3 N–H and O–H groups in total. The van der Waals surface area contributed by atoms with Crippen LogP contribution < -0.4 is 10.5 Å². The van der Waals surface area contributed by atoms with Crippen molar-refractivity contribution in [1.29, 1.82) is 0 Å². The Morgan fingerprint density at radius 1 is 1.10 bits per heavy atom. The molecule has 0 aliphatic carbocycles. The SMILES string of the molecule is Nc1ccc2nc(OCCCc3ccccc3)[nH]c2c1. The molecule has 2 aromatic carbocycles. The van der Waals surface area contributed by atoms with Crippen molar-refractivity contribution in [2.75, 3.05) is 12.3 Å². The lowest BCUT2D eigenvalue weighted by Gasteiger charge is -2.02. The third kappa shape index (κ3) is 2.91. The third-order valence-electron chi connectivity index (χ3n) is 3.18. The number of benzene rings is 2. The van der Waals surface area contributed by atoms with Crippen LogP contribution in [0.3, 0.4) is 0 Å². The maximum absolute atomic E-state index is 5.73. The number of nitrogens with two attached hydrogens (primary N) is 1. The average Bonchev–Trinajstić information content (AvgIpc) is 2.86. The summed E-state index contributed by atoms with van der Waals surface area (Å²) in [5.41, 5.74) is 9.56. The fraction of sp³-hybridized carbons (Fsp3) is 0.188. The van der Waals surface area contributed by atoms with Crippen LogP contribution in [0.1, 0.15) is 12.0 Å². The number of ether oxygens (including phenoxy) is 1. The Morgan fingerprint density at radius 3 is 2.80 bits per heavy atom. The van der Waals surface area contributed by atoms with E-state index in [1.807, 2.05) is 24.3 Å². The fourth-order valence-electron chi connectivity index (χ4n) is 2.16. The number of aryl methyl sites for hydroxylation is 1. The highest BCUT2D eigenvalue weighted by atomic mass is 16.5. The Bertz CT molecular complexity index is 691. The van der Waals surface area contributed by atoms with Crippen molar-refractivity contribution in [3.63, 3.8) is 0 Å². The summed E-state index contributed by atoms with van der Waals surface area (Å²) < 4.78 is 5.65. The Morgan fingerprint density at radius 2 is 1.95 bits per heavy atom. The van der Waals surface area contributed by atoms with Gasteiger partial charge in [-0.25, -0.2) is 0 Å². The van der Waals surface area contributed by atoms with E-state index in [1.165, 1.54) is 5.56 Å². The monoisotopic (exact) mass is 267 g/mol. The van der Waals surface area contributed by atoms with Gasteiger partial charge in [0.25, 0.3) is 6.01 Å². The van der Waals surface area contributed by atoms with Gasteiger partial charge in [-0.1, -0.05) is 30.3 Å². The van der Waals surface area contributed by atoms with Gasteiger partial charge in [0.1, 0.15) is 0 Å². The minimum Gasteiger partial charge on any atom is -0.465 e. The first-order valence-corrected chi connectivity index (χ1v) is 6.73. The van der Waals surface area contributed by atoms with Crippen LogP contribution >= 0.6 is 0 Å². The number of H-pyrrole nitrogens is 1. The molecule has 0 saturated carbocycles. The van der Waals surface area contributed by atoms with E-state index in [0.717, 1.165) is 29.6 Å². The molecule has 0 spiro atoms. The molecular weight excluding hydrogens is 250 g/mol. The molecule has 20 heavy (non-hydrogen) atoms. The van der Waals surface area contributed by atoms with Gasteiger partial charge in [0.05, 0.1) is 17.6 Å². The maximum Gasteiger partial charge on any atom is 0.294 e. The molecule has 0 fully saturated rings. The molecule has 0 saturated heterocycles. The first-order chi connectivity index (χ1) is 9.81. The number of nitrogens with zero attached hydrogens (tertiary/aromatic N) is 1. The number of nitrogens with one attached hydrogen (secondary N) is 1. The molecule has 0 aliphatic rings. The standard InChI is InChI=1S/C16H17N3O/c17-13-8-9-14-15(11-13)19-16(18-14)20-10-4-7-12-5-2-1-3-6-12/h1-3,5-6,8-9,11H,4,7,10,17H2,(H,18,19). The molecule has 0 atom stereocenters. The van der Waals surface area contributed by atoms with Gasteiger partial charge in [0.15, 0.2) is 0 Å². The summed E-state index contributed by atoms with van der Waals surface area (Å²) in [6.45, 7) is 0.643. The summed E-state index contributed by atoms with van der Waals surface area (Å²) >= 11 is 0. The number of anilines is 1. The van der Waals surface area contributed by atoms with Crippen LogP contribution in [0.5, 0.6) is 6.01 Å². The highest BCUT2D eigenvalue weighted by Crippen LogP contribution is 2.18. The van der Waals surface area contributed by atoms with Gasteiger partial charge >= 0.3 is 0 Å². The highest BCUT2D eigenvalue weighted by Gasteiger charge is 2.03. The molecule has 0 amide bonds. The molecule has 0 radical (unpaired) electrons. The molecule has 102 valence electrons. The normalized spacial score (nSPS) is 10.8. The molecule has 1 heterocycles. The predicted molar refractivity (Wildman–Crippen MR) is 80.8 cm³/mol. The summed E-state index contributed by atoms with van der Waals surface area (Å²) in [4.78, 5) is 7.49. The largest absolute Gasteiger partial charge is 0.465 e. The van der Waals surface area contributed by atoms with Crippen molar-refractivity contribution < 1.29 is 4.74 Å². The zero-order valence-electron chi connectivity index (χ0n) is 11.2. The molecule has 3 rings (SSSR count). The second-order valence-corrected chi connectivity index (χ2v) is 4.76. The molecule has 4 heteroatoms. The Labute approximate surface area is 117 Å². The average molecular weight is 267 g/mol. The highest BCUT2D eigenvalue weighted by molar-refractivity contribution is 5.79. The second-order valence-electron chi connectivity index (χ2n) is 4.76. The van der Waals surface area contributed by atoms with E-state index >= 15 is 0 Å². The first kappa shape index (κ1) is 12.5. The summed E-state index contributed by atoms with van der Waals surface area (Å²) in [5, 5.41) is 0. The number of imidazole rings is 1. The molecule has 1 aromatic heterocycles. The zero-order chi connectivity index (χ0) is 13.8. The van der Waals surface area contributed by atoms with Gasteiger partial charge in [0, 0.05) is 5.69 Å². The molecule has 3 aromatic rings. The van der Waals surface area contributed by atoms with Crippen molar-refractivity contribution in [3.05, 3.63) is 54.1 Å². The van der Waals surface area contributed by atoms with Crippen LogP contribution in [0.4, 0.5) is 5.69 Å². The van der Waals surface area contributed by atoms with E-state index in [1.54, 1.807) is 0 Å². The second kappa shape index (κ2) is 5.65. The van der Waals surface area contributed by atoms with Gasteiger partial charge < -0.3 is 15.5 Å². The van der Waals surface area contributed by atoms with Crippen molar-refractivity contribution in [1.82, 2.24) is 9.97 Å². The Kier molecular flexibility index (Phi) is 3.54. The van der Waals surface area contributed by atoms with Crippen molar-refractivity contribution in [2.24, 2.45) is 0 Å². The summed E-state index contributed by atoms with van der Waals surface area (Å²) in [5.74, 6) is 0. The minimum atomic E-state index is 0.554. The number of rotatable bonds is 5. The van der Waals surface area contributed by atoms with E-state index in [0.29, 0.717) is 12.6 Å². The lowest BCUT2D eigenvalue weighted by molar-refractivity contribution is 0.290. The van der Waals surface area contributed by atoms with Crippen LogP contribution in [-0.4, -0.2) is 16.6 Å². The smallest absolute Gasteiger partial charge is 0.294 e. The number of nitrogen functional groups attached to an aromatic ring is 1. The van der Waals surface area contributed by atoms with Gasteiger partial charge in [-0.2, -0.15) is 4.98 Å². The summed E-state index contributed by atoms with van der Waals surface area (Å²) in [6.07, 6.45) is 1.97. The van der Waals surface area contributed by atoms with Crippen molar-refractivity contribution >= 4 is 16.7 Å². The lowest BCUT2D eigenvalue weighted by atomic mass is 10.1. The van der Waals surface area contributed by atoms with Gasteiger partial charge in [0.2, 0.25) is 0 Å². The van der Waals surface area contributed by atoms with Gasteiger partial charge in [-0.3, -0.25) is 0 Å². The number of aromatic nitrogens is 2. The Balaban J connectivity index is 1.55. The molecule has 4 nitrogen and oxygen atoms in total. The number of fused-ring (bicyclic) bond motifs is 1. The van der Waals surface area contributed by atoms with Crippen LogP contribution in [0.15, 0.2) is 48.5 Å². The molecule has 0 aliphatic heterocycles. The molecule has 0 unspecified atom stereocenters. The van der Waals surface area contributed by atoms with Crippen LogP contribution in [-0.2, 0) is 6.42 Å². The Hall–Kier alpha value is -2.49. The summed E-state index contributed by atoms with van der Waals surface area (Å²) in [6, 6.07) is 16.5. The van der Waals surface area contributed by atoms with Gasteiger partial charge in [-0.15, -0.1) is 0 Å². The molecule has 0 bridgehead atoms. The molecular formula is C16H17N3O. The van der Waals surface area contributed by atoms with E-state index in [-0.39, 0.29) is 0 Å². The van der Waals surface area contributed by atoms with Gasteiger partial charge in [-0.05, 0) is 36.6 Å². The van der Waals surface area contributed by atoms with E-state index in [9.17, 15) is 0 Å².